The molecular formula is C15H22BrN5O. The average Bonchev–Trinajstić information content (AvgIpc) is 3.04. The first-order chi connectivity index (χ1) is 10.3. The zero-order valence-electron chi connectivity index (χ0n) is 13.6. The maximum Gasteiger partial charge on any atom is 0.247 e. The number of nitrogens with one attached hydrogen (secondary N) is 1. The Morgan fingerprint density at radius 3 is 2.64 bits per heavy atom. The molecule has 2 aromatic rings. The fourth-order valence-corrected chi connectivity index (χ4v) is 2.57. The van der Waals surface area contributed by atoms with Crippen molar-refractivity contribution in [3.63, 3.8) is 0 Å². The van der Waals surface area contributed by atoms with Crippen molar-refractivity contribution in [2.24, 2.45) is 0 Å². The van der Waals surface area contributed by atoms with E-state index in [4.69, 9.17) is 0 Å². The summed E-state index contributed by atoms with van der Waals surface area (Å²) >= 11 is 3.36. The normalized spacial score (nSPS) is 13.2. The van der Waals surface area contributed by atoms with Crippen LogP contribution in [0.1, 0.15) is 45.0 Å². The quantitative estimate of drug-likeness (QED) is 0.883. The van der Waals surface area contributed by atoms with Crippen LogP contribution in [-0.2, 0) is 16.9 Å². The minimum atomic E-state index is -0.769. The van der Waals surface area contributed by atoms with Crippen LogP contribution in [0.4, 0.5) is 0 Å². The summed E-state index contributed by atoms with van der Waals surface area (Å²) in [4.78, 5) is 12.6. The van der Waals surface area contributed by atoms with Gasteiger partial charge in [-0.25, -0.2) is 0 Å². The predicted octanol–water partition coefficient (Wildman–Crippen LogP) is 2.78. The molecule has 0 aliphatic rings. The highest BCUT2D eigenvalue weighted by molar-refractivity contribution is 9.10. The monoisotopic (exact) mass is 367 g/mol. The van der Waals surface area contributed by atoms with E-state index in [9.17, 15) is 4.79 Å². The number of halogens is 1. The van der Waals surface area contributed by atoms with Gasteiger partial charge in [0.2, 0.25) is 5.91 Å². The number of carbonyl (C=O) groups excluding carboxylic acids is 1. The minimum absolute atomic E-state index is 0.0840. The molecule has 120 valence electrons. The van der Waals surface area contributed by atoms with Gasteiger partial charge in [-0.1, -0.05) is 0 Å². The molecule has 7 heteroatoms. The molecule has 0 aliphatic carbocycles. The Labute approximate surface area is 139 Å². The molecule has 0 saturated heterocycles. The van der Waals surface area contributed by atoms with E-state index in [1.54, 1.807) is 17.1 Å². The lowest BCUT2D eigenvalue weighted by atomic mass is 10.0. The third-order valence-corrected chi connectivity index (χ3v) is 4.21. The summed E-state index contributed by atoms with van der Waals surface area (Å²) in [5.41, 5.74) is 1.21. The molecule has 1 atom stereocenters. The zero-order chi connectivity index (χ0) is 16.5. The van der Waals surface area contributed by atoms with Gasteiger partial charge in [0.15, 0.2) is 0 Å². The van der Waals surface area contributed by atoms with Crippen LogP contribution < -0.4 is 5.32 Å². The molecule has 0 spiro atoms. The van der Waals surface area contributed by atoms with Gasteiger partial charge in [-0.05, 0) is 50.5 Å². The van der Waals surface area contributed by atoms with Gasteiger partial charge >= 0.3 is 0 Å². The fraction of sp³-hybridized carbons (Fsp3) is 0.533. The van der Waals surface area contributed by atoms with Crippen molar-refractivity contribution < 1.29 is 4.79 Å². The Bertz CT molecular complexity index is 673. The van der Waals surface area contributed by atoms with Crippen molar-refractivity contribution in [3.05, 3.63) is 34.3 Å². The molecule has 1 unspecified atom stereocenters. The number of hydrogen-bond donors (Lipinski definition) is 1. The van der Waals surface area contributed by atoms with Crippen LogP contribution in [-0.4, -0.2) is 25.5 Å². The number of hydrogen-bond acceptors (Lipinski definition) is 3. The smallest absolute Gasteiger partial charge is 0.247 e. The lowest BCUT2D eigenvalue weighted by Gasteiger charge is -2.26. The Morgan fingerprint density at radius 2 is 2.14 bits per heavy atom. The van der Waals surface area contributed by atoms with Crippen molar-refractivity contribution in [3.8, 4) is 0 Å². The summed E-state index contributed by atoms with van der Waals surface area (Å²) < 4.78 is 4.38. The summed E-state index contributed by atoms with van der Waals surface area (Å²) in [6, 6.07) is -0.105. The molecule has 0 saturated carbocycles. The predicted molar refractivity (Wildman–Crippen MR) is 88.4 cm³/mol. The van der Waals surface area contributed by atoms with Crippen LogP contribution in [0.15, 0.2) is 23.1 Å². The van der Waals surface area contributed by atoms with Crippen LogP contribution in [0.2, 0.25) is 0 Å². The van der Waals surface area contributed by atoms with Crippen LogP contribution in [0.25, 0.3) is 0 Å². The number of aromatic nitrogens is 4. The largest absolute Gasteiger partial charge is 0.347 e. The highest BCUT2D eigenvalue weighted by Crippen LogP contribution is 2.21. The van der Waals surface area contributed by atoms with Gasteiger partial charge in [0.25, 0.3) is 0 Å². The van der Waals surface area contributed by atoms with E-state index in [1.807, 2.05) is 45.5 Å². The van der Waals surface area contributed by atoms with Crippen molar-refractivity contribution in [2.75, 3.05) is 0 Å². The molecular weight excluding hydrogens is 346 g/mol. The van der Waals surface area contributed by atoms with E-state index in [0.29, 0.717) is 0 Å². The zero-order valence-corrected chi connectivity index (χ0v) is 15.2. The van der Waals surface area contributed by atoms with E-state index in [-0.39, 0.29) is 11.9 Å². The van der Waals surface area contributed by atoms with Crippen molar-refractivity contribution in [1.29, 1.82) is 0 Å². The summed E-state index contributed by atoms with van der Waals surface area (Å²) in [5.74, 6) is -0.0840. The first kappa shape index (κ1) is 16.7. The van der Waals surface area contributed by atoms with Gasteiger partial charge in [-0.15, -0.1) is 0 Å². The summed E-state index contributed by atoms with van der Waals surface area (Å²) in [6.45, 7) is 10.5. The van der Waals surface area contributed by atoms with E-state index >= 15 is 0 Å². The molecule has 1 amide bonds. The standard InChI is InChI=1S/C15H22BrN5O/c1-6-20-9-13(11(3)19-20)10(2)18-14(22)15(4,5)21-8-12(16)7-17-21/h7-10H,6H2,1-5H3,(H,18,22). The molecule has 22 heavy (non-hydrogen) atoms. The maximum absolute atomic E-state index is 12.6. The molecule has 0 radical (unpaired) electrons. The Morgan fingerprint density at radius 1 is 1.45 bits per heavy atom. The minimum Gasteiger partial charge on any atom is -0.347 e. The first-order valence-corrected chi connectivity index (χ1v) is 8.10. The SMILES string of the molecule is CCn1cc(C(C)NC(=O)C(C)(C)n2cc(Br)cn2)c(C)n1. The van der Waals surface area contributed by atoms with Gasteiger partial charge < -0.3 is 5.32 Å². The Balaban J connectivity index is 2.15. The average molecular weight is 368 g/mol. The molecule has 0 fully saturated rings. The van der Waals surface area contributed by atoms with Gasteiger partial charge in [0, 0.05) is 24.5 Å². The van der Waals surface area contributed by atoms with E-state index in [2.05, 4.69) is 31.4 Å². The third kappa shape index (κ3) is 3.24. The van der Waals surface area contributed by atoms with Gasteiger partial charge in [0.1, 0.15) is 5.54 Å². The summed E-state index contributed by atoms with van der Waals surface area (Å²) in [6.07, 6.45) is 5.45. The molecule has 6 nitrogen and oxygen atoms in total. The van der Waals surface area contributed by atoms with E-state index in [1.165, 1.54) is 0 Å². The second-order valence-corrected chi connectivity index (χ2v) is 6.80. The number of carbonyl (C=O) groups is 1. The molecule has 0 aromatic carbocycles. The Kier molecular flexibility index (Phi) is 4.75. The number of rotatable bonds is 5. The number of nitrogens with zero attached hydrogens (tertiary/aromatic N) is 4. The summed E-state index contributed by atoms with van der Waals surface area (Å²) in [5, 5.41) is 11.7. The highest BCUT2D eigenvalue weighted by Gasteiger charge is 2.32. The van der Waals surface area contributed by atoms with Gasteiger partial charge in [0.05, 0.1) is 22.4 Å². The van der Waals surface area contributed by atoms with Crippen LogP contribution in [0.3, 0.4) is 0 Å². The third-order valence-electron chi connectivity index (χ3n) is 3.80. The van der Waals surface area contributed by atoms with Gasteiger partial charge in [-0.3, -0.25) is 14.2 Å². The van der Waals surface area contributed by atoms with Gasteiger partial charge in [-0.2, -0.15) is 10.2 Å². The first-order valence-electron chi connectivity index (χ1n) is 7.31. The van der Waals surface area contributed by atoms with Crippen molar-refractivity contribution in [2.45, 2.75) is 52.7 Å². The van der Waals surface area contributed by atoms with E-state index < -0.39 is 5.54 Å². The second kappa shape index (κ2) is 6.24. The van der Waals surface area contributed by atoms with Crippen molar-refractivity contribution >= 4 is 21.8 Å². The van der Waals surface area contributed by atoms with Crippen molar-refractivity contribution in [1.82, 2.24) is 24.9 Å². The Hall–Kier alpha value is -1.63. The molecule has 2 rings (SSSR count). The van der Waals surface area contributed by atoms with Crippen LogP contribution in [0, 0.1) is 6.92 Å². The second-order valence-electron chi connectivity index (χ2n) is 5.88. The topological polar surface area (TPSA) is 64.7 Å². The fourth-order valence-electron chi connectivity index (χ4n) is 2.28. The summed E-state index contributed by atoms with van der Waals surface area (Å²) in [7, 11) is 0. The highest BCUT2D eigenvalue weighted by atomic mass is 79.9. The molecule has 1 N–H and O–H groups in total. The number of aryl methyl sites for hydroxylation is 2. The molecule has 0 aliphatic heterocycles. The van der Waals surface area contributed by atoms with Crippen LogP contribution in [0.5, 0.6) is 0 Å². The lowest BCUT2D eigenvalue weighted by Crippen LogP contribution is -2.45. The molecule has 0 bridgehead atoms. The number of amides is 1. The molecule has 2 aromatic heterocycles. The maximum atomic E-state index is 12.6. The molecule has 2 heterocycles. The van der Waals surface area contributed by atoms with E-state index in [0.717, 1.165) is 22.3 Å². The lowest BCUT2D eigenvalue weighted by molar-refractivity contribution is -0.129. The van der Waals surface area contributed by atoms with Crippen LogP contribution >= 0.6 is 15.9 Å².